The second-order valence-corrected chi connectivity index (χ2v) is 5.27. The van der Waals surface area contributed by atoms with E-state index in [0.29, 0.717) is 24.1 Å². The highest BCUT2D eigenvalue weighted by atomic mass is 35.5. The number of methoxy groups -OCH3 is 1. The fraction of sp³-hybridized carbons (Fsp3) is 0.571. The van der Waals surface area contributed by atoms with E-state index in [4.69, 9.17) is 21.1 Å². The van der Waals surface area contributed by atoms with Gasteiger partial charge in [-0.25, -0.2) is 0 Å². The Morgan fingerprint density at radius 2 is 2.26 bits per heavy atom. The second kappa shape index (κ2) is 6.98. The lowest BCUT2D eigenvalue weighted by atomic mass is 10.3. The van der Waals surface area contributed by atoms with Crippen LogP contribution < -0.4 is 10.1 Å². The predicted molar refractivity (Wildman–Crippen MR) is 76.0 cm³/mol. The maximum absolute atomic E-state index is 9.80. The fourth-order valence-corrected chi connectivity index (χ4v) is 1.89. The molecule has 5 heteroatoms. The molecule has 0 bridgehead atoms. The zero-order valence-electron chi connectivity index (χ0n) is 11.1. The van der Waals surface area contributed by atoms with Gasteiger partial charge in [-0.3, -0.25) is 0 Å². The number of rotatable bonds is 8. The molecule has 4 nitrogen and oxygen atoms in total. The summed E-state index contributed by atoms with van der Waals surface area (Å²) < 4.78 is 10.6. The quantitative estimate of drug-likeness (QED) is 0.771. The molecule has 1 aliphatic rings. The number of hydrogen-bond donors (Lipinski definition) is 2. The number of ether oxygens (including phenoxy) is 2. The van der Waals surface area contributed by atoms with Crippen molar-refractivity contribution in [1.29, 1.82) is 0 Å². The Balaban J connectivity index is 1.73. The van der Waals surface area contributed by atoms with Crippen molar-refractivity contribution < 1.29 is 14.6 Å². The minimum atomic E-state index is -0.541. The molecule has 1 unspecified atom stereocenters. The van der Waals surface area contributed by atoms with Crippen LogP contribution in [0.2, 0.25) is 5.02 Å². The lowest BCUT2D eigenvalue weighted by Crippen LogP contribution is -2.25. The van der Waals surface area contributed by atoms with Crippen LogP contribution in [0.3, 0.4) is 0 Å². The average molecular weight is 286 g/mol. The monoisotopic (exact) mass is 285 g/mol. The van der Waals surface area contributed by atoms with E-state index in [9.17, 15) is 5.11 Å². The summed E-state index contributed by atoms with van der Waals surface area (Å²) in [4.78, 5) is 0. The van der Waals surface area contributed by atoms with Crippen molar-refractivity contribution in [3.63, 3.8) is 0 Å². The lowest BCUT2D eigenvalue weighted by Gasteiger charge is -2.14. The Morgan fingerprint density at radius 3 is 2.95 bits per heavy atom. The minimum absolute atomic E-state index is 0.352. The summed E-state index contributed by atoms with van der Waals surface area (Å²) in [5.41, 5.74) is 0.752. The predicted octanol–water partition coefficient (Wildman–Crippen LogP) is 2.55. The molecule has 1 atom stereocenters. The van der Waals surface area contributed by atoms with Crippen LogP contribution in [0.4, 0.5) is 5.69 Å². The molecule has 1 fully saturated rings. The van der Waals surface area contributed by atoms with Crippen molar-refractivity contribution in [1.82, 2.24) is 0 Å². The highest BCUT2D eigenvalue weighted by Gasteiger charge is 2.21. The molecule has 1 aromatic carbocycles. The van der Waals surface area contributed by atoms with Crippen molar-refractivity contribution in [2.75, 3.05) is 32.2 Å². The number of halogens is 1. The molecule has 19 heavy (non-hydrogen) atoms. The number of anilines is 1. The first-order valence-electron chi connectivity index (χ1n) is 6.52. The Labute approximate surface area is 118 Å². The van der Waals surface area contributed by atoms with Crippen LogP contribution in [-0.4, -0.2) is 38.1 Å². The lowest BCUT2D eigenvalue weighted by molar-refractivity contribution is 0.0386. The van der Waals surface area contributed by atoms with Gasteiger partial charge in [0.2, 0.25) is 0 Å². The van der Waals surface area contributed by atoms with Gasteiger partial charge in [0, 0.05) is 19.2 Å². The number of hydrogen-bond acceptors (Lipinski definition) is 4. The van der Waals surface area contributed by atoms with Crippen molar-refractivity contribution in [3.8, 4) is 5.75 Å². The van der Waals surface area contributed by atoms with Gasteiger partial charge in [0.1, 0.15) is 5.75 Å². The number of benzene rings is 1. The van der Waals surface area contributed by atoms with Gasteiger partial charge in [0.05, 0.1) is 30.5 Å². The normalized spacial score (nSPS) is 16.2. The molecule has 0 radical (unpaired) electrons. The molecule has 0 aliphatic heterocycles. The summed E-state index contributed by atoms with van der Waals surface area (Å²) >= 11 is 6.06. The molecule has 1 saturated carbocycles. The summed E-state index contributed by atoms with van der Waals surface area (Å²) in [7, 11) is 1.60. The Hall–Kier alpha value is -0.970. The van der Waals surface area contributed by atoms with Crippen LogP contribution in [0, 0.1) is 5.92 Å². The SMILES string of the molecule is COc1ccc(Cl)c(NCC(O)COCC2CC2)c1. The third-order valence-corrected chi connectivity index (χ3v) is 3.39. The highest BCUT2D eigenvalue weighted by Crippen LogP contribution is 2.29. The average Bonchev–Trinajstić information content (AvgIpc) is 3.22. The van der Waals surface area contributed by atoms with Gasteiger partial charge in [-0.05, 0) is 30.9 Å². The Bertz CT molecular complexity index is 410. The summed E-state index contributed by atoms with van der Waals surface area (Å²) in [6.07, 6.45) is 1.97. The van der Waals surface area contributed by atoms with E-state index in [1.165, 1.54) is 12.8 Å². The Morgan fingerprint density at radius 1 is 1.47 bits per heavy atom. The van der Waals surface area contributed by atoms with E-state index < -0.39 is 6.10 Å². The van der Waals surface area contributed by atoms with E-state index in [1.807, 2.05) is 0 Å². The summed E-state index contributed by atoms with van der Waals surface area (Å²) in [5, 5.41) is 13.5. The molecule has 0 aromatic heterocycles. The molecule has 0 amide bonds. The zero-order valence-corrected chi connectivity index (χ0v) is 11.8. The van der Waals surface area contributed by atoms with Crippen LogP contribution in [0.15, 0.2) is 18.2 Å². The standard InChI is InChI=1S/C14H20ClNO3/c1-18-12-4-5-13(15)14(6-12)16-7-11(17)9-19-8-10-2-3-10/h4-6,10-11,16-17H,2-3,7-9H2,1H3. The van der Waals surface area contributed by atoms with Gasteiger partial charge in [-0.2, -0.15) is 0 Å². The molecule has 106 valence electrons. The van der Waals surface area contributed by atoms with Crippen LogP contribution >= 0.6 is 11.6 Å². The van der Waals surface area contributed by atoms with Crippen molar-refractivity contribution in [3.05, 3.63) is 23.2 Å². The van der Waals surface area contributed by atoms with Crippen LogP contribution in [-0.2, 0) is 4.74 Å². The number of nitrogens with one attached hydrogen (secondary N) is 1. The summed E-state index contributed by atoms with van der Waals surface area (Å²) in [6.45, 7) is 1.51. The first-order valence-corrected chi connectivity index (χ1v) is 6.90. The molecule has 0 heterocycles. The van der Waals surface area contributed by atoms with Gasteiger partial charge < -0.3 is 19.9 Å². The number of aliphatic hydroxyl groups excluding tert-OH is 1. The maximum atomic E-state index is 9.80. The maximum Gasteiger partial charge on any atom is 0.121 e. The van der Waals surface area contributed by atoms with E-state index in [2.05, 4.69) is 5.32 Å². The van der Waals surface area contributed by atoms with Gasteiger partial charge in [0.25, 0.3) is 0 Å². The van der Waals surface area contributed by atoms with Crippen LogP contribution in [0.1, 0.15) is 12.8 Å². The van der Waals surface area contributed by atoms with Crippen molar-refractivity contribution in [2.24, 2.45) is 5.92 Å². The topological polar surface area (TPSA) is 50.7 Å². The van der Waals surface area contributed by atoms with E-state index in [-0.39, 0.29) is 0 Å². The zero-order chi connectivity index (χ0) is 13.7. The molecular weight excluding hydrogens is 266 g/mol. The highest BCUT2D eigenvalue weighted by molar-refractivity contribution is 6.33. The molecule has 2 N–H and O–H groups in total. The van der Waals surface area contributed by atoms with Gasteiger partial charge >= 0.3 is 0 Å². The smallest absolute Gasteiger partial charge is 0.121 e. The van der Waals surface area contributed by atoms with E-state index in [0.717, 1.165) is 18.0 Å². The van der Waals surface area contributed by atoms with Gasteiger partial charge in [-0.15, -0.1) is 0 Å². The summed E-state index contributed by atoms with van der Waals surface area (Å²) in [5.74, 6) is 1.44. The van der Waals surface area contributed by atoms with E-state index >= 15 is 0 Å². The van der Waals surface area contributed by atoms with Gasteiger partial charge in [-0.1, -0.05) is 11.6 Å². The molecule has 0 spiro atoms. The third kappa shape index (κ3) is 4.90. The largest absolute Gasteiger partial charge is 0.497 e. The molecule has 2 rings (SSSR count). The van der Waals surface area contributed by atoms with E-state index in [1.54, 1.807) is 25.3 Å². The van der Waals surface area contributed by atoms with Crippen molar-refractivity contribution >= 4 is 17.3 Å². The van der Waals surface area contributed by atoms with Crippen molar-refractivity contribution in [2.45, 2.75) is 18.9 Å². The molecule has 0 saturated heterocycles. The van der Waals surface area contributed by atoms with Crippen LogP contribution in [0.25, 0.3) is 0 Å². The fourth-order valence-electron chi connectivity index (χ4n) is 1.71. The molecule has 1 aliphatic carbocycles. The first-order chi connectivity index (χ1) is 9.19. The first kappa shape index (κ1) is 14.4. The second-order valence-electron chi connectivity index (χ2n) is 4.86. The number of aliphatic hydroxyl groups is 1. The summed E-state index contributed by atoms with van der Waals surface area (Å²) in [6, 6.07) is 5.36. The third-order valence-electron chi connectivity index (χ3n) is 3.06. The Kier molecular flexibility index (Phi) is 5.31. The molecule has 1 aromatic rings. The van der Waals surface area contributed by atoms with Crippen LogP contribution in [0.5, 0.6) is 5.75 Å². The minimum Gasteiger partial charge on any atom is -0.497 e. The molecular formula is C14H20ClNO3. The van der Waals surface area contributed by atoms with Gasteiger partial charge in [0.15, 0.2) is 0 Å².